The molecule has 3 rings (SSSR count). The lowest BCUT2D eigenvalue weighted by Crippen LogP contribution is -2.35. The Balaban J connectivity index is 1.91. The van der Waals surface area contributed by atoms with Crippen molar-refractivity contribution in [3.05, 3.63) is 71.3 Å². The summed E-state index contributed by atoms with van der Waals surface area (Å²) in [6, 6.07) is 13.6. The highest BCUT2D eigenvalue weighted by molar-refractivity contribution is 7.80. The number of benzene rings is 2. The number of hydrogen-bond acceptors (Lipinski definition) is 2. The van der Waals surface area contributed by atoms with E-state index in [4.69, 9.17) is 12.2 Å². The fraction of sp³-hybridized carbons (Fsp3) is 0.222. The van der Waals surface area contributed by atoms with Crippen molar-refractivity contribution in [2.24, 2.45) is 11.0 Å². The summed E-state index contributed by atoms with van der Waals surface area (Å²) in [5.41, 5.74) is 2.47. The molecule has 23 heavy (non-hydrogen) atoms. The van der Waals surface area contributed by atoms with E-state index in [-0.39, 0.29) is 0 Å². The largest absolute Gasteiger partial charge is 0.253 e. The number of nitrogens with zero attached hydrogens (tertiary/aromatic N) is 2. The van der Waals surface area contributed by atoms with Crippen LogP contribution in [0.2, 0.25) is 0 Å². The third-order valence-electron chi connectivity index (χ3n) is 3.78. The molecule has 0 aromatic heterocycles. The summed E-state index contributed by atoms with van der Waals surface area (Å²) in [6.45, 7) is 2.78. The molecule has 2 aromatic carbocycles. The van der Waals surface area contributed by atoms with Gasteiger partial charge in [-0.25, -0.2) is 8.78 Å². The second-order valence-corrected chi connectivity index (χ2v) is 6.12. The molecular weight excluding hydrogens is 314 g/mol. The molecule has 0 N–H and O–H groups in total. The van der Waals surface area contributed by atoms with Crippen molar-refractivity contribution < 1.29 is 8.78 Å². The molecule has 0 aliphatic carbocycles. The van der Waals surface area contributed by atoms with Crippen LogP contribution in [0.3, 0.4) is 0 Å². The highest BCUT2D eigenvalue weighted by Gasteiger charge is 2.23. The first-order valence-corrected chi connectivity index (χ1v) is 7.85. The Morgan fingerprint density at radius 1 is 1.13 bits per heavy atom. The van der Waals surface area contributed by atoms with Gasteiger partial charge in [0.1, 0.15) is 4.99 Å². The molecule has 0 amide bonds. The van der Waals surface area contributed by atoms with Gasteiger partial charge in [-0.1, -0.05) is 49.5 Å². The lowest BCUT2D eigenvalue weighted by atomic mass is 9.97. The normalized spacial score (nSPS) is 17.8. The van der Waals surface area contributed by atoms with Crippen LogP contribution in [0.4, 0.5) is 8.78 Å². The summed E-state index contributed by atoms with van der Waals surface area (Å²) in [6.07, 6.45) is 0.862. The van der Waals surface area contributed by atoms with Gasteiger partial charge in [0.25, 0.3) is 0 Å². The quantitative estimate of drug-likeness (QED) is 0.759. The van der Waals surface area contributed by atoms with Crippen LogP contribution in [0.25, 0.3) is 0 Å². The van der Waals surface area contributed by atoms with Crippen molar-refractivity contribution in [2.45, 2.75) is 13.3 Å². The van der Waals surface area contributed by atoms with Gasteiger partial charge >= 0.3 is 0 Å². The SMILES string of the molecule is CC1CC(c2ccccc2)=NN(C(=S)c2ccc(F)c(F)c2)C1. The van der Waals surface area contributed by atoms with Crippen molar-refractivity contribution >= 4 is 22.9 Å². The molecule has 1 heterocycles. The summed E-state index contributed by atoms with van der Waals surface area (Å²) >= 11 is 5.43. The smallest absolute Gasteiger partial charge is 0.159 e. The highest BCUT2D eigenvalue weighted by atomic mass is 32.1. The first-order chi connectivity index (χ1) is 11.0. The van der Waals surface area contributed by atoms with E-state index in [0.29, 0.717) is 23.0 Å². The van der Waals surface area contributed by atoms with Gasteiger partial charge in [-0.2, -0.15) is 5.10 Å². The zero-order valence-electron chi connectivity index (χ0n) is 12.7. The van der Waals surface area contributed by atoms with E-state index in [9.17, 15) is 8.78 Å². The molecule has 0 saturated carbocycles. The second-order valence-electron chi connectivity index (χ2n) is 5.74. The molecule has 5 heteroatoms. The third kappa shape index (κ3) is 3.45. The van der Waals surface area contributed by atoms with Gasteiger partial charge in [-0.05, 0) is 36.1 Å². The van der Waals surface area contributed by atoms with Gasteiger partial charge in [0.05, 0.1) is 5.71 Å². The molecule has 0 bridgehead atoms. The van der Waals surface area contributed by atoms with Crippen molar-refractivity contribution in [2.75, 3.05) is 6.54 Å². The van der Waals surface area contributed by atoms with Crippen LogP contribution in [0, 0.1) is 17.6 Å². The molecule has 2 nitrogen and oxygen atoms in total. The van der Waals surface area contributed by atoms with Crippen molar-refractivity contribution in [3.8, 4) is 0 Å². The molecule has 1 atom stereocenters. The van der Waals surface area contributed by atoms with E-state index in [1.165, 1.54) is 6.07 Å². The Bertz CT molecular complexity index is 759. The van der Waals surface area contributed by atoms with Crippen LogP contribution < -0.4 is 0 Å². The van der Waals surface area contributed by atoms with Crippen LogP contribution in [-0.2, 0) is 0 Å². The highest BCUT2D eigenvalue weighted by Crippen LogP contribution is 2.21. The zero-order valence-corrected chi connectivity index (χ0v) is 13.5. The van der Waals surface area contributed by atoms with Gasteiger partial charge in [0, 0.05) is 12.1 Å². The molecule has 0 spiro atoms. The lowest BCUT2D eigenvalue weighted by Gasteiger charge is -2.30. The Kier molecular flexibility index (Phi) is 4.48. The third-order valence-corrected chi connectivity index (χ3v) is 4.22. The van der Waals surface area contributed by atoms with Gasteiger partial charge in [0.2, 0.25) is 0 Å². The second kappa shape index (κ2) is 6.54. The fourth-order valence-electron chi connectivity index (χ4n) is 2.63. The van der Waals surface area contributed by atoms with Crippen LogP contribution in [0.15, 0.2) is 53.6 Å². The van der Waals surface area contributed by atoms with E-state index in [2.05, 4.69) is 12.0 Å². The molecular formula is C18H16F2N2S. The maximum Gasteiger partial charge on any atom is 0.159 e. The molecule has 0 radical (unpaired) electrons. The van der Waals surface area contributed by atoms with E-state index in [1.54, 1.807) is 5.01 Å². The summed E-state index contributed by atoms with van der Waals surface area (Å²) < 4.78 is 26.5. The standard InChI is InChI=1S/C18H16F2N2S/c1-12-9-17(13-5-3-2-4-6-13)21-22(11-12)18(23)14-7-8-15(19)16(20)10-14/h2-8,10,12H,9,11H2,1H3. The number of halogens is 2. The molecule has 1 unspecified atom stereocenters. The van der Waals surface area contributed by atoms with E-state index < -0.39 is 11.6 Å². The fourth-order valence-corrected chi connectivity index (χ4v) is 2.87. The monoisotopic (exact) mass is 330 g/mol. The number of hydrazone groups is 1. The van der Waals surface area contributed by atoms with Crippen LogP contribution in [0.1, 0.15) is 24.5 Å². The number of rotatable bonds is 2. The van der Waals surface area contributed by atoms with Gasteiger partial charge in [0.15, 0.2) is 11.6 Å². The van der Waals surface area contributed by atoms with Crippen LogP contribution in [-0.4, -0.2) is 22.3 Å². The van der Waals surface area contributed by atoms with Crippen LogP contribution >= 0.6 is 12.2 Å². The maximum atomic E-state index is 13.4. The van der Waals surface area contributed by atoms with E-state index in [0.717, 1.165) is 29.8 Å². The molecule has 0 saturated heterocycles. The van der Waals surface area contributed by atoms with Crippen molar-refractivity contribution in [1.82, 2.24) is 5.01 Å². The summed E-state index contributed by atoms with van der Waals surface area (Å²) in [5, 5.41) is 6.33. The lowest BCUT2D eigenvalue weighted by molar-refractivity contribution is 0.354. The Morgan fingerprint density at radius 3 is 2.57 bits per heavy atom. The van der Waals surface area contributed by atoms with E-state index >= 15 is 0 Å². The molecule has 1 aliphatic rings. The molecule has 2 aromatic rings. The summed E-state index contributed by atoms with van der Waals surface area (Å²) in [4.78, 5) is 0.406. The molecule has 0 fully saturated rings. The van der Waals surface area contributed by atoms with Gasteiger partial charge < -0.3 is 0 Å². The predicted molar refractivity (Wildman–Crippen MR) is 91.5 cm³/mol. The van der Waals surface area contributed by atoms with Crippen molar-refractivity contribution in [1.29, 1.82) is 0 Å². The molecule has 1 aliphatic heterocycles. The predicted octanol–water partition coefficient (Wildman–Crippen LogP) is 4.39. The maximum absolute atomic E-state index is 13.4. The minimum atomic E-state index is -0.901. The average Bonchev–Trinajstić information content (AvgIpc) is 2.57. The Morgan fingerprint density at radius 2 is 1.87 bits per heavy atom. The average molecular weight is 330 g/mol. The van der Waals surface area contributed by atoms with E-state index in [1.807, 2.05) is 30.3 Å². The van der Waals surface area contributed by atoms with Crippen molar-refractivity contribution in [3.63, 3.8) is 0 Å². The summed E-state index contributed by atoms with van der Waals surface area (Å²) in [5.74, 6) is -1.41. The first kappa shape index (κ1) is 15.7. The minimum absolute atomic E-state index is 0.367. The Labute approximate surface area is 139 Å². The van der Waals surface area contributed by atoms with Crippen LogP contribution in [0.5, 0.6) is 0 Å². The topological polar surface area (TPSA) is 15.6 Å². The number of thiocarbonyl (C=S) groups is 1. The van der Waals surface area contributed by atoms with Gasteiger partial charge in [-0.3, -0.25) is 5.01 Å². The minimum Gasteiger partial charge on any atom is -0.253 e. The summed E-state index contributed by atoms with van der Waals surface area (Å²) in [7, 11) is 0. The first-order valence-electron chi connectivity index (χ1n) is 7.44. The van der Waals surface area contributed by atoms with Gasteiger partial charge in [-0.15, -0.1) is 0 Å². The molecule has 118 valence electrons. The Hall–Kier alpha value is -2.14. The number of hydrogen-bond donors (Lipinski definition) is 0. The zero-order chi connectivity index (χ0) is 16.4.